The van der Waals surface area contributed by atoms with Gasteiger partial charge in [-0.3, -0.25) is 0 Å². The molecule has 0 aliphatic carbocycles. The summed E-state index contributed by atoms with van der Waals surface area (Å²) in [7, 11) is 0. The van der Waals surface area contributed by atoms with Crippen LogP contribution in [-0.4, -0.2) is 57.6 Å². The van der Waals surface area contributed by atoms with E-state index < -0.39 is 30.5 Å². The molecule has 5 heteroatoms. The molecule has 0 aromatic rings. The molecule has 0 saturated carbocycles. The fraction of sp³-hybridized carbons (Fsp3) is 1.00. The van der Waals surface area contributed by atoms with Crippen LogP contribution in [0.2, 0.25) is 0 Å². The molecule has 0 aromatic carbocycles. The van der Waals surface area contributed by atoms with E-state index in [-0.39, 0.29) is 12.5 Å². The fourth-order valence-corrected chi connectivity index (χ4v) is 1.68. The molecule has 1 saturated heterocycles. The molecule has 0 aromatic heterocycles. The first-order chi connectivity index (χ1) is 6.49. The smallest absolute Gasteiger partial charge is 0.111 e. The summed E-state index contributed by atoms with van der Waals surface area (Å²) in [5, 5.41) is 37.4. The topological polar surface area (TPSA) is 90.2 Å². The maximum Gasteiger partial charge on any atom is 0.111 e. The van der Waals surface area contributed by atoms with Crippen molar-refractivity contribution in [1.29, 1.82) is 0 Å². The summed E-state index contributed by atoms with van der Waals surface area (Å²) < 4.78 is 5.28. The van der Waals surface area contributed by atoms with E-state index in [0.29, 0.717) is 0 Å². The minimum atomic E-state index is -1.26. The highest BCUT2D eigenvalue weighted by atomic mass is 16.5. The molecule has 0 bridgehead atoms. The van der Waals surface area contributed by atoms with Crippen LogP contribution in [0.3, 0.4) is 0 Å². The summed E-state index contributed by atoms with van der Waals surface area (Å²) in [6.07, 6.45) is -4.96. The molecule has 84 valence electrons. The molecular formula is C9H18O5. The normalized spacial score (nSPS) is 44.4. The predicted molar refractivity (Wildman–Crippen MR) is 48.6 cm³/mol. The van der Waals surface area contributed by atoms with Crippen molar-refractivity contribution in [3.8, 4) is 0 Å². The van der Waals surface area contributed by atoms with Gasteiger partial charge in [0, 0.05) is 0 Å². The van der Waals surface area contributed by atoms with E-state index in [2.05, 4.69) is 0 Å². The minimum Gasteiger partial charge on any atom is -0.394 e. The van der Waals surface area contributed by atoms with Crippen LogP contribution in [0.4, 0.5) is 0 Å². The number of hydrogen-bond donors (Lipinski definition) is 4. The second-order valence-corrected chi connectivity index (χ2v) is 4.04. The Labute approximate surface area is 82.9 Å². The summed E-state index contributed by atoms with van der Waals surface area (Å²) in [5.41, 5.74) is 0. The third kappa shape index (κ3) is 2.07. The number of aliphatic hydroxyl groups is 4. The number of aliphatic hydroxyl groups excluding tert-OH is 4. The Bertz CT molecular complexity index is 182. The van der Waals surface area contributed by atoms with E-state index in [1.54, 1.807) is 0 Å². The zero-order chi connectivity index (χ0) is 10.9. The molecular weight excluding hydrogens is 188 g/mol. The van der Waals surface area contributed by atoms with E-state index in [1.807, 2.05) is 13.8 Å². The zero-order valence-electron chi connectivity index (χ0n) is 8.37. The lowest BCUT2D eigenvalue weighted by atomic mass is 9.90. The Kier molecular flexibility index (Phi) is 3.86. The first-order valence-corrected chi connectivity index (χ1v) is 4.79. The molecule has 0 radical (unpaired) electrons. The van der Waals surface area contributed by atoms with Gasteiger partial charge in [-0.2, -0.15) is 0 Å². The Morgan fingerprint density at radius 3 is 2.07 bits per heavy atom. The van der Waals surface area contributed by atoms with Crippen LogP contribution in [0.25, 0.3) is 0 Å². The molecule has 0 amide bonds. The molecule has 14 heavy (non-hydrogen) atoms. The van der Waals surface area contributed by atoms with Crippen molar-refractivity contribution in [2.75, 3.05) is 6.61 Å². The third-order valence-corrected chi connectivity index (χ3v) is 2.59. The Balaban J connectivity index is 2.73. The number of ether oxygens (including phenoxy) is 1. The van der Waals surface area contributed by atoms with Crippen molar-refractivity contribution in [3.63, 3.8) is 0 Å². The molecule has 1 fully saturated rings. The van der Waals surface area contributed by atoms with Crippen molar-refractivity contribution in [3.05, 3.63) is 0 Å². The second-order valence-electron chi connectivity index (χ2n) is 4.04. The minimum absolute atomic E-state index is 0.0150. The zero-order valence-corrected chi connectivity index (χ0v) is 8.37. The van der Waals surface area contributed by atoms with E-state index in [9.17, 15) is 15.3 Å². The van der Waals surface area contributed by atoms with Crippen molar-refractivity contribution in [2.45, 2.75) is 44.4 Å². The van der Waals surface area contributed by atoms with Gasteiger partial charge < -0.3 is 25.2 Å². The average Bonchev–Trinajstić information content (AvgIpc) is 2.14. The van der Waals surface area contributed by atoms with Gasteiger partial charge in [-0.15, -0.1) is 0 Å². The Morgan fingerprint density at radius 2 is 1.64 bits per heavy atom. The van der Waals surface area contributed by atoms with E-state index in [1.165, 1.54) is 0 Å². The molecule has 1 aliphatic rings. The number of hydrogen-bond acceptors (Lipinski definition) is 5. The highest BCUT2D eigenvalue weighted by Gasteiger charge is 2.44. The maximum atomic E-state index is 9.57. The van der Waals surface area contributed by atoms with E-state index in [0.717, 1.165) is 0 Å². The van der Waals surface area contributed by atoms with Gasteiger partial charge in [0.1, 0.15) is 24.4 Å². The largest absolute Gasteiger partial charge is 0.394 e. The Morgan fingerprint density at radius 1 is 1.07 bits per heavy atom. The summed E-state index contributed by atoms with van der Waals surface area (Å²) in [6, 6.07) is 0. The molecule has 0 spiro atoms. The van der Waals surface area contributed by atoms with Crippen LogP contribution < -0.4 is 0 Å². The van der Waals surface area contributed by atoms with Gasteiger partial charge in [0.25, 0.3) is 0 Å². The van der Waals surface area contributed by atoms with E-state index in [4.69, 9.17) is 9.84 Å². The molecule has 1 rings (SSSR count). The first-order valence-electron chi connectivity index (χ1n) is 4.79. The quantitative estimate of drug-likeness (QED) is 0.441. The van der Waals surface area contributed by atoms with Gasteiger partial charge in [-0.25, -0.2) is 0 Å². The Hall–Kier alpha value is -0.200. The maximum absolute atomic E-state index is 9.57. The van der Waals surface area contributed by atoms with Crippen LogP contribution >= 0.6 is 0 Å². The SMILES string of the molecule is CC(C)C1OC(CO)C(O)C(O)C1O. The highest BCUT2D eigenvalue weighted by molar-refractivity contribution is 4.92. The molecule has 5 atom stereocenters. The lowest BCUT2D eigenvalue weighted by Crippen LogP contribution is -2.59. The predicted octanol–water partition coefficient (Wildman–Crippen LogP) is -1.52. The lowest BCUT2D eigenvalue weighted by molar-refractivity contribution is -0.238. The third-order valence-electron chi connectivity index (χ3n) is 2.59. The van der Waals surface area contributed by atoms with E-state index >= 15 is 0 Å². The molecule has 5 unspecified atom stereocenters. The van der Waals surface area contributed by atoms with Crippen molar-refractivity contribution < 1.29 is 25.2 Å². The standard InChI is InChI=1S/C9H18O5/c1-4(2)9-8(13)7(12)6(11)5(3-10)14-9/h4-13H,3H2,1-2H3. The fourth-order valence-electron chi connectivity index (χ4n) is 1.68. The second kappa shape index (κ2) is 4.55. The van der Waals surface area contributed by atoms with Gasteiger partial charge in [0.15, 0.2) is 0 Å². The van der Waals surface area contributed by atoms with Gasteiger partial charge in [0.2, 0.25) is 0 Å². The van der Waals surface area contributed by atoms with Gasteiger partial charge in [0.05, 0.1) is 12.7 Å². The number of rotatable bonds is 2. The molecule has 5 nitrogen and oxygen atoms in total. The van der Waals surface area contributed by atoms with Gasteiger partial charge >= 0.3 is 0 Å². The van der Waals surface area contributed by atoms with Crippen molar-refractivity contribution in [2.24, 2.45) is 5.92 Å². The first kappa shape index (κ1) is 11.9. The monoisotopic (exact) mass is 206 g/mol. The average molecular weight is 206 g/mol. The molecule has 4 N–H and O–H groups in total. The van der Waals surface area contributed by atoms with Crippen LogP contribution in [0.5, 0.6) is 0 Å². The lowest BCUT2D eigenvalue weighted by Gasteiger charge is -2.41. The van der Waals surface area contributed by atoms with Crippen molar-refractivity contribution in [1.82, 2.24) is 0 Å². The van der Waals surface area contributed by atoms with Gasteiger partial charge in [-0.1, -0.05) is 13.8 Å². The van der Waals surface area contributed by atoms with Crippen LogP contribution in [0.15, 0.2) is 0 Å². The van der Waals surface area contributed by atoms with Crippen molar-refractivity contribution >= 4 is 0 Å². The van der Waals surface area contributed by atoms with Crippen LogP contribution in [-0.2, 0) is 4.74 Å². The van der Waals surface area contributed by atoms with Crippen LogP contribution in [0, 0.1) is 5.92 Å². The van der Waals surface area contributed by atoms with Gasteiger partial charge in [-0.05, 0) is 5.92 Å². The summed E-state index contributed by atoms with van der Waals surface area (Å²) in [6.45, 7) is 3.31. The summed E-state index contributed by atoms with van der Waals surface area (Å²) in [5.74, 6) is 0.0150. The molecule has 1 heterocycles. The summed E-state index contributed by atoms with van der Waals surface area (Å²) in [4.78, 5) is 0. The summed E-state index contributed by atoms with van der Waals surface area (Å²) >= 11 is 0. The van der Waals surface area contributed by atoms with Crippen LogP contribution in [0.1, 0.15) is 13.8 Å². The molecule has 1 aliphatic heterocycles. The highest BCUT2D eigenvalue weighted by Crippen LogP contribution is 2.25.